The summed E-state index contributed by atoms with van der Waals surface area (Å²) in [7, 11) is 0. The van der Waals surface area contributed by atoms with E-state index < -0.39 is 11.7 Å². The van der Waals surface area contributed by atoms with Crippen molar-refractivity contribution in [2.24, 2.45) is 29.1 Å². The Labute approximate surface area is 138 Å². The summed E-state index contributed by atoms with van der Waals surface area (Å²) in [4.78, 5) is 11.7. The Morgan fingerprint density at radius 1 is 1.26 bits per heavy atom. The number of aliphatic hydroxyl groups is 2. The van der Waals surface area contributed by atoms with E-state index in [1.807, 2.05) is 0 Å². The van der Waals surface area contributed by atoms with Crippen LogP contribution in [-0.2, 0) is 4.79 Å². The maximum absolute atomic E-state index is 11.7. The molecular formula is C20H26O3. The summed E-state index contributed by atoms with van der Waals surface area (Å²) in [5.41, 5.74) is -0.239. The average molecular weight is 314 g/mol. The quantitative estimate of drug-likeness (QED) is 0.675. The Balaban J connectivity index is 1.69. The first-order chi connectivity index (χ1) is 10.9. The zero-order valence-electron chi connectivity index (χ0n) is 13.8. The highest BCUT2D eigenvalue weighted by molar-refractivity contribution is 5.91. The Morgan fingerprint density at radius 2 is 2.04 bits per heavy atom. The van der Waals surface area contributed by atoms with E-state index in [1.54, 1.807) is 6.08 Å². The first kappa shape index (κ1) is 15.4. The van der Waals surface area contributed by atoms with Gasteiger partial charge >= 0.3 is 0 Å². The summed E-state index contributed by atoms with van der Waals surface area (Å²) >= 11 is 0. The standard InChI is InChI=1S/C20H26O3/c1-3-20(23)9-7-17-15-11-18(22)16-10-12(21)4-5-13(16)14(15)6-8-19(17,20)2/h1,10,13-15,17-18,22-23H,4-9,11H2,2H3/t13?,14?,15?,17?,18?,19-,20-/m0/s1. The molecule has 5 unspecified atom stereocenters. The van der Waals surface area contributed by atoms with Gasteiger partial charge < -0.3 is 10.2 Å². The molecule has 124 valence electrons. The molecule has 0 amide bonds. The van der Waals surface area contributed by atoms with Crippen LogP contribution in [0.25, 0.3) is 0 Å². The molecule has 0 bridgehead atoms. The fraction of sp³-hybridized carbons (Fsp3) is 0.750. The largest absolute Gasteiger partial charge is 0.389 e. The molecule has 0 aromatic rings. The third kappa shape index (κ3) is 1.95. The Kier molecular flexibility index (Phi) is 3.31. The van der Waals surface area contributed by atoms with Crippen LogP contribution in [0, 0.1) is 41.4 Å². The van der Waals surface area contributed by atoms with Crippen LogP contribution in [-0.4, -0.2) is 27.7 Å². The van der Waals surface area contributed by atoms with Crippen molar-refractivity contribution in [1.82, 2.24) is 0 Å². The fourth-order valence-electron chi connectivity index (χ4n) is 6.44. The van der Waals surface area contributed by atoms with Gasteiger partial charge in [-0.15, -0.1) is 6.42 Å². The van der Waals surface area contributed by atoms with Crippen LogP contribution in [0.3, 0.4) is 0 Å². The summed E-state index contributed by atoms with van der Waals surface area (Å²) in [5.74, 6) is 4.54. The van der Waals surface area contributed by atoms with Crippen LogP contribution in [0.15, 0.2) is 11.6 Å². The normalized spacial score (nSPS) is 52.0. The van der Waals surface area contributed by atoms with Gasteiger partial charge in [-0.3, -0.25) is 4.79 Å². The highest BCUT2D eigenvalue weighted by Crippen LogP contribution is 2.64. The molecule has 0 heterocycles. The van der Waals surface area contributed by atoms with E-state index in [0.29, 0.717) is 36.5 Å². The van der Waals surface area contributed by atoms with E-state index in [0.717, 1.165) is 37.7 Å². The number of hydrogen-bond donors (Lipinski definition) is 2. The number of ketones is 1. The van der Waals surface area contributed by atoms with Gasteiger partial charge in [-0.2, -0.15) is 0 Å². The van der Waals surface area contributed by atoms with Gasteiger partial charge in [-0.25, -0.2) is 0 Å². The van der Waals surface area contributed by atoms with Crippen LogP contribution < -0.4 is 0 Å². The molecule has 3 fully saturated rings. The lowest BCUT2D eigenvalue weighted by atomic mass is 9.50. The minimum absolute atomic E-state index is 0.164. The van der Waals surface area contributed by atoms with E-state index in [1.165, 1.54) is 0 Å². The van der Waals surface area contributed by atoms with Gasteiger partial charge in [-0.1, -0.05) is 12.8 Å². The number of rotatable bonds is 0. The lowest BCUT2D eigenvalue weighted by Crippen LogP contribution is -2.53. The summed E-state index contributed by atoms with van der Waals surface area (Å²) in [5, 5.41) is 21.6. The van der Waals surface area contributed by atoms with E-state index in [9.17, 15) is 15.0 Å². The highest BCUT2D eigenvalue weighted by atomic mass is 16.3. The lowest BCUT2D eigenvalue weighted by molar-refractivity contribution is -0.118. The molecule has 0 aromatic carbocycles. The minimum Gasteiger partial charge on any atom is -0.389 e. The molecule has 4 rings (SSSR count). The predicted octanol–water partition coefficient (Wildman–Crippen LogP) is 2.46. The van der Waals surface area contributed by atoms with Gasteiger partial charge in [0.15, 0.2) is 5.78 Å². The second kappa shape index (κ2) is 4.94. The molecule has 0 saturated heterocycles. The topological polar surface area (TPSA) is 57.5 Å². The van der Waals surface area contributed by atoms with Crippen molar-refractivity contribution in [3.05, 3.63) is 11.6 Å². The van der Waals surface area contributed by atoms with Gasteiger partial charge in [0.05, 0.1) is 6.10 Å². The maximum Gasteiger partial charge on any atom is 0.155 e. The molecule has 0 radical (unpaired) electrons. The first-order valence-corrected chi connectivity index (χ1v) is 9.02. The molecular weight excluding hydrogens is 288 g/mol. The van der Waals surface area contributed by atoms with Gasteiger partial charge in [0.1, 0.15) is 5.60 Å². The SMILES string of the molecule is C#C[C@]1(O)CCC2C3CC(O)C4=CC(=O)CCC4C3CC[C@@]21C. The summed E-state index contributed by atoms with van der Waals surface area (Å²) in [6, 6.07) is 0. The molecule has 2 N–H and O–H groups in total. The Morgan fingerprint density at radius 3 is 2.78 bits per heavy atom. The van der Waals surface area contributed by atoms with Gasteiger partial charge in [0.2, 0.25) is 0 Å². The molecule has 3 nitrogen and oxygen atoms in total. The smallest absolute Gasteiger partial charge is 0.155 e. The summed E-state index contributed by atoms with van der Waals surface area (Å²) in [6.07, 6.45) is 12.7. The minimum atomic E-state index is -0.994. The van der Waals surface area contributed by atoms with Crippen molar-refractivity contribution in [1.29, 1.82) is 0 Å². The number of hydrogen-bond acceptors (Lipinski definition) is 3. The van der Waals surface area contributed by atoms with Gasteiger partial charge in [0, 0.05) is 11.8 Å². The first-order valence-electron chi connectivity index (χ1n) is 9.02. The number of carbonyl (C=O) groups excluding carboxylic acids is 1. The predicted molar refractivity (Wildman–Crippen MR) is 87.3 cm³/mol. The monoisotopic (exact) mass is 314 g/mol. The number of carbonyl (C=O) groups is 1. The summed E-state index contributed by atoms with van der Waals surface area (Å²) in [6.45, 7) is 2.16. The van der Waals surface area contributed by atoms with E-state index in [2.05, 4.69) is 12.8 Å². The molecule has 0 aliphatic heterocycles. The van der Waals surface area contributed by atoms with Crippen molar-refractivity contribution >= 4 is 5.78 Å². The molecule has 0 spiro atoms. The number of aliphatic hydroxyl groups excluding tert-OH is 1. The zero-order chi connectivity index (χ0) is 16.4. The van der Waals surface area contributed by atoms with Crippen molar-refractivity contribution in [3.8, 4) is 12.3 Å². The lowest BCUT2D eigenvalue weighted by Gasteiger charge is -2.55. The van der Waals surface area contributed by atoms with E-state index >= 15 is 0 Å². The second-order valence-corrected chi connectivity index (χ2v) is 8.44. The van der Waals surface area contributed by atoms with Crippen molar-refractivity contribution in [2.45, 2.75) is 63.6 Å². The zero-order valence-corrected chi connectivity index (χ0v) is 13.8. The molecule has 4 aliphatic rings. The van der Waals surface area contributed by atoms with Crippen molar-refractivity contribution in [2.75, 3.05) is 0 Å². The van der Waals surface area contributed by atoms with Gasteiger partial charge in [-0.05, 0) is 73.8 Å². The number of terminal acetylenes is 1. The van der Waals surface area contributed by atoms with E-state index in [4.69, 9.17) is 6.42 Å². The third-order valence-corrected chi connectivity index (χ3v) is 7.74. The maximum atomic E-state index is 11.7. The Hall–Kier alpha value is -1.11. The molecule has 3 saturated carbocycles. The van der Waals surface area contributed by atoms with Crippen LogP contribution in [0.1, 0.15) is 51.9 Å². The molecule has 23 heavy (non-hydrogen) atoms. The van der Waals surface area contributed by atoms with Crippen LogP contribution in [0.2, 0.25) is 0 Å². The van der Waals surface area contributed by atoms with Crippen LogP contribution in [0.5, 0.6) is 0 Å². The fourth-order valence-corrected chi connectivity index (χ4v) is 6.44. The highest BCUT2D eigenvalue weighted by Gasteiger charge is 2.62. The molecule has 3 heteroatoms. The van der Waals surface area contributed by atoms with Crippen molar-refractivity contribution < 1.29 is 15.0 Å². The summed E-state index contributed by atoms with van der Waals surface area (Å²) < 4.78 is 0. The third-order valence-electron chi connectivity index (χ3n) is 7.74. The average Bonchev–Trinajstić information content (AvgIpc) is 2.80. The van der Waals surface area contributed by atoms with E-state index in [-0.39, 0.29) is 11.2 Å². The second-order valence-electron chi connectivity index (χ2n) is 8.44. The molecule has 7 atom stereocenters. The van der Waals surface area contributed by atoms with Crippen LogP contribution in [0.4, 0.5) is 0 Å². The Bertz CT molecular complexity index is 615. The molecule has 4 aliphatic carbocycles. The molecule has 0 aromatic heterocycles. The van der Waals surface area contributed by atoms with Gasteiger partial charge in [0.25, 0.3) is 0 Å². The van der Waals surface area contributed by atoms with Crippen molar-refractivity contribution in [3.63, 3.8) is 0 Å². The van der Waals surface area contributed by atoms with Crippen LogP contribution >= 0.6 is 0 Å². The number of fused-ring (bicyclic) bond motifs is 5.